The molecule has 5 rings (SSSR count). The number of anilines is 2. The molecule has 1 aliphatic carbocycles. The van der Waals surface area contributed by atoms with Gasteiger partial charge in [0.1, 0.15) is 5.69 Å². The predicted molar refractivity (Wildman–Crippen MR) is 150 cm³/mol. The van der Waals surface area contributed by atoms with Crippen molar-refractivity contribution in [1.82, 2.24) is 14.9 Å². The molecule has 8 nitrogen and oxygen atoms in total. The Morgan fingerprint density at radius 2 is 1.66 bits per heavy atom. The van der Waals surface area contributed by atoms with Gasteiger partial charge in [-0.1, -0.05) is 67.8 Å². The van der Waals surface area contributed by atoms with Crippen molar-refractivity contribution in [2.45, 2.75) is 56.4 Å². The third-order valence-corrected chi connectivity index (χ3v) is 8.62. The maximum atomic E-state index is 13.3. The highest BCUT2D eigenvalue weighted by molar-refractivity contribution is 7.89. The van der Waals surface area contributed by atoms with E-state index in [1.54, 1.807) is 6.07 Å². The van der Waals surface area contributed by atoms with Gasteiger partial charge in [-0.3, -0.25) is 4.79 Å². The van der Waals surface area contributed by atoms with Crippen LogP contribution in [0.15, 0.2) is 71.6 Å². The largest absolute Gasteiger partial charge is 0.369 e. The second kappa shape index (κ2) is 10.9. The molecule has 38 heavy (non-hydrogen) atoms. The number of carbonyl (C=O) groups excluding carboxylic acids is 1. The Hall–Kier alpha value is -3.82. The van der Waals surface area contributed by atoms with Crippen molar-refractivity contribution < 1.29 is 13.2 Å². The number of hydrogen-bond donors (Lipinski definition) is 3. The van der Waals surface area contributed by atoms with Crippen LogP contribution in [0.3, 0.4) is 0 Å². The van der Waals surface area contributed by atoms with E-state index in [-0.39, 0.29) is 23.3 Å². The number of nitrogens with zero attached hydrogens (tertiary/aromatic N) is 2. The van der Waals surface area contributed by atoms with Crippen molar-refractivity contribution in [3.8, 4) is 11.3 Å². The number of aryl methyl sites for hydroxylation is 1. The maximum Gasteiger partial charge on any atom is 0.241 e. The third kappa shape index (κ3) is 5.69. The van der Waals surface area contributed by atoms with E-state index in [9.17, 15) is 13.2 Å². The van der Waals surface area contributed by atoms with Crippen molar-refractivity contribution in [2.75, 3.05) is 5.32 Å². The van der Waals surface area contributed by atoms with Gasteiger partial charge in [-0.05, 0) is 49.1 Å². The summed E-state index contributed by atoms with van der Waals surface area (Å²) in [4.78, 5) is 11.4. The molecule has 1 aliphatic rings. The number of aromatic nitrogens is 2. The first kappa shape index (κ1) is 25.8. The van der Waals surface area contributed by atoms with E-state index < -0.39 is 10.0 Å². The van der Waals surface area contributed by atoms with Gasteiger partial charge >= 0.3 is 0 Å². The highest BCUT2D eigenvalue weighted by atomic mass is 32.2. The number of fused-ring (bicyclic) bond motifs is 1. The van der Waals surface area contributed by atoms with Crippen LogP contribution >= 0.6 is 0 Å². The van der Waals surface area contributed by atoms with Crippen LogP contribution in [-0.2, 0) is 21.2 Å². The molecule has 0 spiro atoms. The third-order valence-electron chi connectivity index (χ3n) is 6.96. The summed E-state index contributed by atoms with van der Waals surface area (Å²) in [5, 5.41) is 14.0. The summed E-state index contributed by atoms with van der Waals surface area (Å²) in [6.07, 6.45) is 5.18. The fourth-order valence-electron chi connectivity index (χ4n) is 4.99. The van der Waals surface area contributed by atoms with Crippen LogP contribution in [0.1, 0.15) is 43.2 Å². The lowest BCUT2D eigenvalue weighted by molar-refractivity contribution is -0.117. The van der Waals surface area contributed by atoms with Crippen LogP contribution in [0.25, 0.3) is 22.0 Å². The zero-order chi connectivity index (χ0) is 26.7. The first-order chi connectivity index (χ1) is 18.3. The first-order valence-corrected chi connectivity index (χ1v) is 14.3. The van der Waals surface area contributed by atoms with E-state index in [2.05, 4.69) is 20.2 Å². The highest BCUT2D eigenvalue weighted by Crippen LogP contribution is 2.33. The van der Waals surface area contributed by atoms with Gasteiger partial charge in [-0.2, -0.15) is 0 Å². The summed E-state index contributed by atoms with van der Waals surface area (Å²) < 4.78 is 29.6. The Morgan fingerprint density at radius 1 is 0.947 bits per heavy atom. The molecular weight excluding hydrogens is 498 g/mol. The minimum Gasteiger partial charge on any atom is -0.369 e. The number of nitrogens with one attached hydrogen (secondary N) is 2. The molecule has 0 saturated heterocycles. The molecule has 1 amide bonds. The predicted octanol–water partition coefficient (Wildman–Crippen LogP) is 4.99. The van der Waals surface area contributed by atoms with Crippen molar-refractivity contribution >= 4 is 38.2 Å². The van der Waals surface area contributed by atoms with Crippen molar-refractivity contribution in [3.05, 3.63) is 77.9 Å². The van der Waals surface area contributed by atoms with E-state index in [0.29, 0.717) is 22.6 Å². The Kier molecular flexibility index (Phi) is 7.40. The van der Waals surface area contributed by atoms with E-state index in [4.69, 9.17) is 5.73 Å². The SMILES string of the molecule is Cc1ccc(-c2nnc(Nc3ccc(CC(N)=O)cc3)c3ccccc23)cc1S(=O)(=O)NC1CCCCC1. The van der Waals surface area contributed by atoms with Gasteiger partial charge in [0.15, 0.2) is 5.82 Å². The van der Waals surface area contributed by atoms with Crippen molar-refractivity contribution in [3.63, 3.8) is 0 Å². The van der Waals surface area contributed by atoms with Crippen LogP contribution in [0, 0.1) is 6.92 Å². The number of primary amides is 1. The Labute approximate surface area is 222 Å². The molecule has 0 atom stereocenters. The number of benzene rings is 3. The van der Waals surface area contributed by atoms with Crippen LogP contribution in [0.2, 0.25) is 0 Å². The molecule has 0 unspecified atom stereocenters. The Morgan fingerprint density at radius 3 is 2.37 bits per heavy atom. The first-order valence-electron chi connectivity index (χ1n) is 12.8. The molecule has 1 heterocycles. The summed E-state index contributed by atoms with van der Waals surface area (Å²) in [6, 6.07) is 20.5. The van der Waals surface area contributed by atoms with Crippen molar-refractivity contribution in [2.24, 2.45) is 5.73 Å². The molecule has 1 saturated carbocycles. The molecular formula is C29H31N5O3S. The molecule has 1 aromatic heterocycles. The van der Waals surface area contributed by atoms with E-state index in [0.717, 1.165) is 54.1 Å². The summed E-state index contributed by atoms with van der Waals surface area (Å²) in [5.41, 5.74) is 8.89. The molecule has 0 aliphatic heterocycles. The van der Waals surface area contributed by atoms with Gasteiger partial charge in [-0.15, -0.1) is 10.2 Å². The van der Waals surface area contributed by atoms with Gasteiger partial charge in [0.05, 0.1) is 11.3 Å². The van der Waals surface area contributed by atoms with Crippen molar-refractivity contribution in [1.29, 1.82) is 0 Å². The van der Waals surface area contributed by atoms with Gasteiger partial charge in [0.25, 0.3) is 0 Å². The van der Waals surface area contributed by atoms with Crippen LogP contribution in [-0.4, -0.2) is 30.6 Å². The highest BCUT2D eigenvalue weighted by Gasteiger charge is 2.24. The molecule has 1 fully saturated rings. The summed E-state index contributed by atoms with van der Waals surface area (Å²) >= 11 is 0. The zero-order valence-corrected chi connectivity index (χ0v) is 22.1. The van der Waals surface area contributed by atoms with E-state index in [1.807, 2.05) is 67.6 Å². The molecule has 4 aromatic rings. The number of sulfonamides is 1. The average molecular weight is 530 g/mol. The minimum absolute atomic E-state index is 0.0207. The molecule has 196 valence electrons. The molecule has 4 N–H and O–H groups in total. The molecule has 9 heteroatoms. The topological polar surface area (TPSA) is 127 Å². The van der Waals surface area contributed by atoms with Crippen LogP contribution in [0.5, 0.6) is 0 Å². The summed E-state index contributed by atoms with van der Waals surface area (Å²) in [6.45, 7) is 1.81. The Bertz CT molecular complexity index is 1580. The number of hydrogen-bond acceptors (Lipinski definition) is 6. The van der Waals surface area contributed by atoms with Crippen LogP contribution < -0.4 is 15.8 Å². The molecule has 0 bridgehead atoms. The van der Waals surface area contributed by atoms with Gasteiger partial charge in [0.2, 0.25) is 15.9 Å². The smallest absolute Gasteiger partial charge is 0.241 e. The number of amides is 1. The monoisotopic (exact) mass is 529 g/mol. The van der Waals surface area contributed by atoms with Gasteiger partial charge < -0.3 is 11.1 Å². The minimum atomic E-state index is -3.67. The average Bonchev–Trinajstić information content (AvgIpc) is 2.90. The van der Waals surface area contributed by atoms with Gasteiger partial charge in [0, 0.05) is 28.1 Å². The quantitative estimate of drug-likeness (QED) is 0.295. The second-order valence-electron chi connectivity index (χ2n) is 9.84. The fraction of sp³-hybridized carbons (Fsp3) is 0.276. The number of nitrogens with two attached hydrogens (primary N) is 1. The number of rotatable bonds is 8. The Balaban J connectivity index is 1.47. The summed E-state index contributed by atoms with van der Waals surface area (Å²) in [5.74, 6) is 0.195. The van der Waals surface area contributed by atoms with E-state index >= 15 is 0 Å². The lowest BCUT2D eigenvalue weighted by Crippen LogP contribution is -2.36. The standard InChI is InChI=1S/C29H31N5O3S/c1-19-11-14-21(18-26(19)38(36,37)34-23-7-3-2-4-8-23)28-24-9-5-6-10-25(24)29(33-32-28)31-22-15-12-20(13-16-22)17-27(30)35/h5-6,9-16,18,23,34H,2-4,7-8,17H2,1H3,(H2,30,35)(H,31,33). The molecule has 3 aromatic carbocycles. The lowest BCUT2D eigenvalue weighted by atomic mass is 9.96. The second-order valence-corrected chi connectivity index (χ2v) is 11.5. The van der Waals surface area contributed by atoms with Crippen LogP contribution in [0.4, 0.5) is 11.5 Å². The van der Waals surface area contributed by atoms with E-state index in [1.165, 1.54) is 0 Å². The zero-order valence-electron chi connectivity index (χ0n) is 21.3. The normalized spacial score (nSPS) is 14.4. The number of carbonyl (C=O) groups is 1. The fourth-order valence-corrected chi connectivity index (χ4v) is 6.57. The molecule has 0 radical (unpaired) electrons. The maximum absolute atomic E-state index is 13.3. The summed E-state index contributed by atoms with van der Waals surface area (Å²) in [7, 11) is -3.67. The van der Waals surface area contributed by atoms with Gasteiger partial charge in [-0.25, -0.2) is 13.1 Å². The lowest BCUT2D eigenvalue weighted by Gasteiger charge is -2.23.